The van der Waals surface area contributed by atoms with Crippen LogP contribution >= 0.6 is 0 Å². The van der Waals surface area contributed by atoms with Crippen molar-refractivity contribution in [2.24, 2.45) is 0 Å². The lowest BCUT2D eigenvalue weighted by molar-refractivity contribution is 0.214. The van der Waals surface area contributed by atoms with E-state index in [0.717, 1.165) is 63.6 Å². The molecule has 0 atom stereocenters. The third-order valence-corrected chi connectivity index (χ3v) is 4.59. The van der Waals surface area contributed by atoms with E-state index in [1.54, 1.807) is 0 Å². The van der Waals surface area contributed by atoms with Crippen LogP contribution in [0.5, 0.6) is 11.5 Å². The molecule has 3 rings (SSSR count). The van der Waals surface area contributed by atoms with E-state index in [9.17, 15) is 0 Å². The number of para-hydroxylation sites is 2. The highest BCUT2D eigenvalue weighted by molar-refractivity contribution is 5.34. The third-order valence-electron chi connectivity index (χ3n) is 4.59. The summed E-state index contributed by atoms with van der Waals surface area (Å²) >= 11 is 0. The minimum atomic E-state index is 0.530. The normalized spacial score (nSPS) is 17.8. The maximum absolute atomic E-state index is 5.98. The molecular weight excluding hydrogens is 338 g/mol. The zero-order chi connectivity index (χ0) is 18.6. The molecule has 0 bridgehead atoms. The average molecular weight is 370 g/mol. The van der Waals surface area contributed by atoms with E-state index in [0.29, 0.717) is 13.2 Å². The predicted molar refractivity (Wildman–Crippen MR) is 109 cm³/mol. The Morgan fingerprint density at radius 2 is 1.00 bits per heavy atom. The quantitative estimate of drug-likeness (QED) is 0.667. The van der Waals surface area contributed by atoms with Gasteiger partial charge in [0.2, 0.25) is 0 Å². The summed E-state index contributed by atoms with van der Waals surface area (Å²) in [5.74, 6) is 1.86. The van der Waals surface area contributed by atoms with Gasteiger partial charge in [-0.05, 0) is 51.2 Å². The zero-order valence-corrected chi connectivity index (χ0v) is 16.0. The number of fused-ring (bicyclic) bond motifs is 2. The van der Waals surface area contributed by atoms with Crippen molar-refractivity contribution in [2.45, 2.75) is 25.9 Å². The Hall–Kier alpha value is -2.08. The largest absolute Gasteiger partial charge is 0.490 e. The van der Waals surface area contributed by atoms with E-state index >= 15 is 0 Å². The summed E-state index contributed by atoms with van der Waals surface area (Å²) in [5.41, 5.74) is 2.38. The molecule has 5 nitrogen and oxygen atoms in total. The lowest BCUT2D eigenvalue weighted by Gasteiger charge is -2.14. The summed E-state index contributed by atoms with van der Waals surface area (Å²) in [7, 11) is 0. The number of nitrogens with one attached hydrogen (secondary N) is 3. The molecule has 2 aromatic rings. The molecule has 0 spiro atoms. The molecule has 1 aliphatic heterocycles. The molecule has 0 aliphatic carbocycles. The van der Waals surface area contributed by atoms with Crippen molar-refractivity contribution in [2.75, 3.05) is 39.4 Å². The van der Waals surface area contributed by atoms with Crippen LogP contribution in [0.4, 0.5) is 0 Å². The molecule has 3 N–H and O–H groups in total. The SMILES string of the molecule is c1ccc2c(c1)CNCCCNCCCNCc1ccccc1OCCO2. The van der Waals surface area contributed by atoms with Gasteiger partial charge in [-0.1, -0.05) is 36.4 Å². The van der Waals surface area contributed by atoms with Gasteiger partial charge in [-0.15, -0.1) is 0 Å². The maximum Gasteiger partial charge on any atom is 0.123 e. The van der Waals surface area contributed by atoms with Crippen molar-refractivity contribution in [3.8, 4) is 11.5 Å². The van der Waals surface area contributed by atoms with Crippen molar-refractivity contribution >= 4 is 0 Å². The van der Waals surface area contributed by atoms with Crippen molar-refractivity contribution in [3.05, 3.63) is 59.7 Å². The van der Waals surface area contributed by atoms with Crippen molar-refractivity contribution in [1.29, 1.82) is 0 Å². The molecule has 0 saturated heterocycles. The van der Waals surface area contributed by atoms with Crippen molar-refractivity contribution in [1.82, 2.24) is 16.0 Å². The third kappa shape index (κ3) is 6.86. The summed E-state index contributed by atoms with van der Waals surface area (Å²) < 4.78 is 12.0. The molecule has 0 unspecified atom stereocenters. The lowest BCUT2D eigenvalue weighted by atomic mass is 10.2. The standard InChI is InChI=1S/C22H31N3O2/c1-3-9-21-19(7-1)17-24-13-5-11-23-12-6-14-25-18-20-8-2-4-10-22(20)27-16-15-26-21/h1-4,7-10,23-25H,5-6,11-18H2. The molecule has 1 aliphatic rings. The fourth-order valence-electron chi connectivity index (χ4n) is 3.13. The molecule has 0 radical (unpaired) electrons. The van der Waals surface area contributed by atoms with Gasteiger partial charge >= 0.3 is 0 Å². The van der Waals surface area contributed by atoms with E-state index in [2.05, 4.69) is 40.2 Å². The highest BCUT2D eigenvalue weighted by Crippen LogP contribution is 2.19. The molecule has 1 heterocycles. The Kier molecular flexibility index (Phi) is 8.45. The molecule has 146 valence electrons. The molecule has 0 aromatic heterocycles. The van der Waals surface area contributed by atoms with E-state index in [-0.39, 0.29) is 0 Å². The van der Waals surface area contributed by atoms with Crippen LogP contribution in [0.1, 0.15) is 24.0 Å². The van der Waals surface area contributed by atoms with E-state index < -0.39 is 0 Å². The van der Waals surface area contributed by atoms with Crippen LogP contribution in [0.15, 0.2) is 48.5 Å². The lowest BCUT2D eigenvalue weighted by Crippen LogP contribution is -2.25. The monoisotopic (exact) mass is 369 g/mol. The summed E-state index contributed by atoms with van der Waals surface area (Å²) in [6.07, 6.45) is 2.25. The first-order valence-electron chi connectivity index (χ1n) is 9.97. The number of hydrogen-bond acceptors (Lipinski definition) is 5. The van der Waals surface area contributed by atoms with Gasteiger partial charge < -0.3 is 25.4 Å². The first-order valence-corrected chi connectivity index (χ1v) is 9.97. The average Bonchev–Trinajstić information content (AvgIpc) is 2.70. The smallest absolute Gasteiger partial charge is 0.123 e. The highest BCUT2D eigenvalue weighted by Gasteiger charge is 2.05. The van der Waals surface area contributed by atoms with Gasteiger partial charge in [-0.3, -0.25) is 0 Å². The Bertz CT molecular complexity index is 621. The second-order valence-corrected chi connectivity index (χ2v) is 6.72. The maximum atomic E-state index is 5.98. The number of benzene rings is 2. The number of rotatable bonds is 0. The van der Waals surface area contributed by atoms with Gasteiger partial charge in [0.05, 0.1) is 0 Å². The zero-order valence-electron chi connectivity index (χ0n) is 16.0. The van der Waals surface area contributed by atoms with Crippen molar-refractivity contribution in [3.63, 3.8) is 0 Å². The highest BCUT2D eigenvalue weighted by atomic mass is 16.5. The topological polar surface area (TPSA) is 54.5 Å². The fraction of sp³-hybridized carbons (Fsp3) is 0.455. The Morgan fingerprint density at radius 3 is 1.52 bits per heavy atom. The Labute approximate surface area is 162 Å². The Balaban J connectivity index is 1.60. The minimum absolute atomic E-state index is 0.530. The molecule has 5 heteroatoms. The van der Waals surface area contributed by atoms with Crippen LogP contribution in [-0.2, 0) is 13.1 Å². The van der Waals surface area contributed by atoms with Crippen molar-refractivity contribution < 1.29 is 9.47 Å². The summed E-state index contributed by atoms with van der Waals surface area (Å²) in [6.45, 7) is 6.79. The summed E-state index contributed by atoms with van der Waals surface area (Å²) in [6, 6.07) is 16.4. The van der Waals surface area contributed by atoms with E-state index in [4.69, 9.17) is 9.47 Å². The van der Waals surface area contributed by atoms with Gasteiger partial charge in [0, 0.05) is 24.2 Å². The van der Waals surface area contributed by atoms with Crippen LogP contribution in [0.2, 0.25) is 0 Å². The van der Waals surface area contributed by atoms with Crippen LogP contribution in [0.3, 0.4) is 0 Å². The first-order chi connectivity index (χ1) is 13.4. The minimum Gasteiger partial charge on any atom is -0.490 e. The van der Waals surface area contributed by atoms with Crippen LogP contribution in [-0.4, -0.2) is 39.4 Å². The summed E-state index contributed by atoms with van der Waals surface area (Å²) in [4.78, 5) is 0. The van der Waals surface area contributed by atoms with Gasteiger partial charge in [-0.2, -0.15) is 0 Å². The van der Waals surface area contributed by atoms with E-state index in [1.165, 1.54) is 11.1 Å². The molecular formula is C22H31N3O2. The van der Waals surface area contributed by atoms with E-state index in [1.807, 2.05) is 24.3 Å². The Morgan fingerprint density at radius 1 is 0.556 bits per heavy atom. The molecule has 0 saturated carbocycles. The van der Waals surface area contributed by atoms with Gasteiger partial charge in [-0.25, -0.2) is 0 Å². The van der Waals surface area contributed by atoms with Gasteiger partial charge in [0.25, 0.3) is 0 Å². The van der Waals surface area contributed by atoms with Gasteiger partial charge in [0.1, 0.15) is 24.7 Å². The molecule has 27 heavy (non-hydrogen) atoms. The molecule has 2 aromatic carbocycles. The first kappa shape index (κ1) is 19.7. The van der Waals surface area contributed by atoms with Crippen LogP contribution in [0.25, 0.3) is 0 Å². The fourth-order valence-corrected chi connectivity index (χ4v) is 3.13. The second-order valence-electron chi connectivity index (χ2n) is 6.72. The van der Waals surface area contributed by atoms with Crippen LogP contribution in [0, 0.1) is 0 Å². The van der Waals surface area contributed by atoms with Gasteiger partial charge in [0.15, 0.2) is 0 Å². The summed E-state index contributed by atoms with van der Waals surface area (Å²) in [5, 5.41) is 10.5. The second kappa shape index (κ2) is 11.6. The molecule has 0 amide bonds. The van der Waals surface area contributed by atoms with Crippen LogP contribution < -0.4 is 25.4 Å². The number of ether oxygens (including phenoxy) is 2. The molecule has 0 fully saturated rings. The predicted octanol–water partition coefficient (Wildman–Crippen LogP) is 2.71. The number of hydrogen-bond donors (Lipinski definition) is 3.